The summed E-state index contributed by atoms with van der Waals surface area (Å²) in [7, 11) is 0. The van der Waals surface area contributed by atoms with Gasteiger partial charge in [-0.1, -0.05) is 11.8 Å². The number of rotatable bonds is 2. The zero-order valence-corrected chi connectivity index (χ0v) is 11.9. The Balaban J connectivity index is 2.26. The van der Waals surface area contributed by atoms with Gasteiger partial charge >= 0.3 is 0 Å². The molecule has 1 rings (SSSR count). The van der Waals surface area contributed by atoms with Gasteiger partial charge in [-0.25, -0.2) is 3.17 Å². The van der Waals surface area contributed by atoms with E-state index in [-0.39, 0.29) is 5.41 Å². The van der Waals surface area contributed by atoms with Crippen LogP contribution in [0.5, 0.6) is 0 Å². The lowest BCUT2D eigenvalue weighted by atomic mass is 9.98. The monoisotopic (exact) mass is 322 g/mol. The summed E-state index contributed by atoms with van der Waals surface area (Å²) in [6.07, 6.45) is 0. The molecule has 4 heteroatoms. The minimum Gasteiger partial charge on any atom is -0.290 e. The Morgan fingerprint density at radius 1 is 1.20 bits per heavy atom. The molecule has 1 fully saturated rings. The zero-order chi connectivity index (χ0) is 11.3. The van der Waals surface area contributed by atoms with Gasteiger partial charge in [0.25, 0.3) is 0 Å². The highest BCUT2D eigenvalue weighted by Crippen LogP contribution is 2.10. The summed E-state index contributed by atoms with van der Waals surface area (Å²) in [6.45, 7) is 11.3. The van der Waals surface area contributed by atoms with Crippen molar-refractivity contribution in [3.05, 3.63) is 0 Å². The molecule has 3 nitrogen and oxygen atoms in total. The van der Waals surface area contributed by atoms with Gasteiger partial charge in [0.1, 0.15) is 23.0 Å². The van der Waals surface area contributed by atoms with Crippen molar-refractivity contribution in [1.29, 1.82) is 0 Å². The molecule has 0 spiro atoms. The van der Waals surface area contributed by atoms with Crippen molar-refractivity contribution in [3.8, 4) is 11.8 Å². The summed E-state index contributed by atoms with van der Waals surface area (Å²) >= 11 is 1.93. The van der Waals surface area contributed by atoms with E-state index in [1.165, 1.54) is 0 Å². The topological polar surface area (TPSA) is 15.7 Å². The van der Waals surface area contributed by atoms with Crippen LogP contribution in [0.4, 0.5) is 0 Å². The molecule has 0 saturated carbocycles. The maximum absolute atomic E-state index is 5.14. The maximum atomic E-state index is 5.14. The van der Waals surface area contributed by atoms with Crippen LogP contribution in [-0.2, 0) is 3.17 Å². The van der Waals surface area contributed by atoms with Gasteiger partial charge in [0.05, 0.1) is 6.54 Å². The molecule has 0 aromatic heterocycles. The Hall–Kier alpha value is 0.170. The fraction of sp³-hybridized carbons (Fsp3) is 0.818. The van der Waals surface area contributed by atoms with Crippen LogP contribution in [0.1, 0.15) is 20.8 Å². The fourth-order valence-corrected chi connectivity index (χ4v) is 1.77. The van der Waals surface area contributed by atoms with Crippen molar-refractivity contribution in [2.45, 2.75) is 20.8 Å². The van der Waals surface area contributed by atoms with E-state index in [1.54, 1.807) is 0 Å². The smallest absolute Gasteiger partial charge is 0.137 e. The second-order valence-electron chi connectivity index (χ2n) is 4.83. The summed E-state index contributed by atoms with van der Waals surface area (Å²) in [4.78, 5) is 2.37. The van der Waals surface area contributed by atoms with Gasteiger partial charge in [-0.15, -0.1) is 0 Å². The van der Waals surface area contributed by atoms with E-state index in [0.717, 1.165) is 32.7 Å². The molecule has 0 N–H and O–H groups in total. The van der Waals surface area contributed by atoms with Gasteiger partial charge in [-0.05, 0) is 20.8 Å². The summed E-state index contributed by atoms with van der Waals surface area (Å²) in [5.41, 5.74) is 0.118. The second kappa shape index (κ2) is 6.04. The number of halogens is 1. The van der Waals surface area contributed by atoms with E-state index in [0.29, 0.717) is 0 Å². The molecule has 1 aliphatic rings. The molecule has 0 unspecified atom stereocenters. The van der Waals surface area contributed by atoms with Crippen LogP contribution in [0.25, 0.3) is 0 Å². The Labute approximate surface area is 107 Å². The van der Waals surface area contributed by atoms with Gasteiger partial charge in [0.2, 0.25) is 0 Å². The molecular formula is C11H19IN2O. The highest BCUT2D eigenvalue weighted by molar-refractivity contribution is 14.1. The third-order valence-electron chi connectivity index (χ3n) is 2.19. The van der Waals surface area contributed by atoms with Crippen LogP contribution in [-0.4, -0.2) is 42.7 Å². The van der Waals surface area contributed by atoms with Gasteiger partial charge in [0, 0.05) is 31.6 Å². The molecule has 86 valence electrons. The summed E-state index contributed by atoms with van der Waals surface area (Å²) in [6, 6.07) is 0. The zero-order valence-electron chi connectivity index (χ0n) is 9.72. The summed E-state index contributed by atoms with van der Waals surface area (Å²) in [5, 5.41) is 1.98. The number of hydroxylamine groups is 2. The standard InChI is InChI=1S/C11H19IN2O/c1-11(2,3)5-4-6-13-7-9-14(15-12)10-8-13/h6-10H2,1-3H3. The highest BCUT2D eigenvalue weighted by Gasteiger charge is 2.15. The molecule has 0 bridgehead atoms. The van der Waals surface area contributed by atoms with Crippen molar-refractivity contribution in [2.75, 3.05) is 32.7 Å². The van der Waals surface area contributed by atoms with Crippen molar-refractivity contribution in [1.82, 2.24) is 9.96 Å². The Morgan fingerprint density at radius 2 is 1.80 bits per heavy atom. The first kappa shape index (κ1) is 13.2. The van der Waals surface area contributed by atoms with Crippen LogP contribution in [0.2, 0.25) is 0 Å². The molecule has 0 amide bonds. The molecule has 15 heavy (non-hydrogen) atoms. The average Bonchev–Trinajstić information content (AvgIpc) is 2.17. The lowest BCUT2D eigenvalue weighted by molar-refractivity contribution is -0.0468. The van der Waals surface area contributed by atoms with Crippen LogP contribution in [0.15, 0.2) is 0 Å². The average molecular weight is 322 g/mol. The summed E-state index contributed by atoms with van der Waals surface area (Å²) < 4.78 is 5.14. The minimum atomic E-state index is 0.118. The molecular weight excluding hydrogens is 303 g/mol. The van der Waals surface area contributed by atoms with Crippen molar-refractivity contribution >= 4 is 23.0 Å². The summed E-state index contributed by atoms with van der Waals surface area (Å²) in [5.74, 6) is 6.50. The van der Waals surface area contributed by atoms with Crippen molar-refractivity contribution < 1.29 is 3.17 Å². The molecule has 1 saturated heterocycles. The normalized spacial score (nSPS) is 19.7. The number of piperazine rings is 1. The van der Waals surface area contributed by atoms with E-state index in [9.17, 15) is 0 Å². The molecule has 0 radical (unpaired) electrons. The first-order chi connectivity index (χ1) is 7.01. The highest BCUT2D eigenvalue weighted by atomic mass is 127. The van der Waals surface area contributed by atoms with E-state index < -0.39 is 0 Å². The molecule has 0 aromatic rings. The Bertz CT molecular complexity index is 244. The minimum absolute atomic E-state index is 0.118. The fourth-order valence-electron chi connectivity index (χ4n) is 1.37. The van der Waals surface area contributed by atoms with E-state index in [4.69, 9.17) is 3.17 Å². The molecule has 0 atom stereocenters. The van der Waals surface area contributed by atoms with Crippen LogP contribution < -0.4 is 0 Å². The van der Waals surface area contributed by atoms with Gasteiger partial charge in [-0.2, -0.15) is 5.06 Å². The van der Waals surface area contributed by atoms with Gasteiger partial charge in [-0.3, -0.25) is 4.90 Å². The molecule has 1 heterocycles. The number of hydrogen-bond acceptors (Lipinski definition) is 3. The number of hydrogen-bond donors (Lipinski definition) is 0. The van der Waals surface area contributed by atoms with Gasteiger partial charge in [0.15, 0.2) is 0 Å². The van der Waals surface area contributed by atoms with Crippen LogP contribution in [0, 0.1) is 17.3 Å². The largest absolute Gasteiger partial charge is 0.290 e. The lowest BCUT2D eigenvalue weighted by Gasteiger charge is -2.30. The van der Waals surface area contributed by atoms with E-state index >= 15 is 0 Å². The predicted molar refractivity (Wildman–Crippen MR) is 70.3 cm³/mol. The molecule has 0 aromatic carbocycles. The molecule has 0 aliphatic carbocycles. The molecule has 1 aliphatic heterocycles. The third-order valence-corrected chi connectivity index (χ3v) is 2.75. The van der Waals surface area contributed by atoms with Crippen LogP contribution >= 0.6 is 23.0 Å². The van der Waals surface area contributed by atoms with E-state index in [1.807, 2.05) is 28.1 Å². The lowest BCUT2D eigenvalue weighted by Crippen LogP contribution is -2.45. The van der Waals surface area contributed by atoms with E-state index in [2.05, 4.69) is 37.5 Å². The quantitative estimate of drug-likeness (QED) is 0.571. The maximum Gasteiger partial charge on any atom is 0.137 e. The number of nitrogens with zero attached hydrogens (tertiary/aromatic N) is 2. The van der Waals surface area contributed by atoms with Crippen molar-refractivity contribution in [3.63, 3.8) is 0 Å². The second-order valence-corrected chi connectivity index (χ2v) is 5.22. The first-order valence-electron chi connectivity index (χ1n) is 5.27. The first-order valence-corrected chi connectivity index (χ1v) is 6.15. The SMILES string of the molecule is CC(C)(C)C#CCN1CCN(OI)CC1. The third kappa shape index (κ3) is 5.71. The Morgan fingerprint density at radius 3 is 2.27 bits per heavy atom. The Kier molecular flexibility index (Phi) is 5.33. The van der Waals surface area contributed by atoms with Gasteiger partial charge < -0.3 is 0 Å². The van der Waals surface area contributed by atoms with Crippen molar-refractivity contribution in [2.24, 2.45) is 5.41 Å². The predicted octanol–water partition coefficient (Wildman–Crippen LogP) is 1.94. The van der Waals surface area contributed by atoms with Crippen LogP contribution in [0.3, 0.4) is 0 Å².